The predicted octanol–water partition coefficient (Wildman–Crippen LogP) is 3.89. The number of rotatable bonds is 4. The van der Waals surface area contributed by atoms with Crippen molar-refractivity contribution < 1.29 is 29.3 Å². The first-order chi connectivity index (χ1) is 17.3. The number of fused-ring (bicyclic) bond motifs is 1. The van der Waals surface area contributed by atoms with Gasteiger partial charge in [0.1, 0.15) is 16.9 Å². The lowest BCUT2D eigenvalue weighted by atomic mass is 9.73. The number of ether oxygens (including phenoxy) is 2. The fourth-order valence-corrected chi connectivity index (χ4v) is 6.01. The molecule has 0 bridgehead atoms. The molecule has 2 aliphatic rings. The summed E-state index contributed by atoms with van der Waals surface area (Å²) in [6, 6.07) is 0. The van der Waals surface area contributed by atoms with E-state index < -0.39 is 35.6 Å². The molecule has 0 aliphatic carbocycles. The van der Waals surface area contributed by atoms with Crippen LogP contribution in [0.3, 0.4) is 0 Å². The average molecular weight is 537 g/mol. The van der Waals surface area contributed by atoms with Crippen molar-refractivity contribution in [2.45, 2.75) is 110 Å². The van der Waals surface area contributed by atoms with Gasteiger partial charge in [-0.25, -0.2) is 4.98 Å². The minimum absolute atomic E-state index is 0.0565. The second-order valence-corrected chi connectivity index (χ2v) is 12.6. The van der Waals surface area contributed by atoms with Crippen LogP contribution in [0.25, 0.3) is 6.08 Å². The van der Waals surface area contributed by atoms with E-state index in [2.05, 4.69) is 17.2 Å². The van der Waals surface area contributed by atoms with Gasteiger partial charge in [-0.05, 0) is 51.3 Å². The number of Topliss-reactive ketones (excluding diaryl/α,β-unsaturated/α-hetero) is 1. The van der Waals surface area contributed by atoms with Crippen LogP contribution in [0.5, 0.6) is 0 Å². The molecule has 3 rings (SSSR count). The summed E-state index contributed by atoms with van der Waals surface area (Å²) in [7, 11) is 1.87. The van der Waals surface area contributed by atoms with Gasteiger partial charge in [-0.1, -0.05) is 34.1 Å². The lowest BCUT2D eigenvalue weighted by Crippen LogP contribution is -2.45. The van der Waals surface area contributed by atoms with Crippen molar-refractivity contribution in [2.75, 3.05) is 7.05 Å². The third kappa shape index (κ3) is 7.26. The largest absolute Gasteiger partial charge is 0.458 e. The molecule has 37 heavy (non-hydrogen) atoms. The Labute approximate surface area is 224 Å². The van der Waals surface area contributed by atoms with E-state index in [1.54, 1.807) is 32.1 Å². The Bertz CT molecular complexity index is 991. The van der Waals surface area contributed by atoms with Crippen molar-refractivity contribution in [3.05, 3.63) is 21.7 Å². The molecule has 2 saturated heterocycles. The summed E-state index contributed by atoms with van der Waals surface area (Å²) in [6.45, 7) is 11.6. The smallest absolute Gasteiger partial charge is 0.309 e. The molecule has 2 aliphatic heterocycles. The van der Waals surface area contributed by atoms with Crippen molar-refractivity contribution in [1.82, 2.24) is 10.3 Å². The van der Waals surface area contributed by atoms with Gasteiger partial charge in [-0.3, -0.25) is 9.59 Å². The molecule has 7 atom stereocenters. The fraction of sp³-hybridized carbons (Fsp3) is 0.750. The number of aliphatic hydroxyl groups is 2. The Morgan fingerprint density at radius 2 is 1.97 bits per heavy atom. The monoisotopic (exact) mass is 536 g/mol. The van der Waals surface area contributed by atoms with Crippen LogP contribution in [0.4, 0.5) is 0 Å². The minimum atomic E-state index is -1.24. The van der Waals surface area contributed by atoms with Gasteiger partial charge in [0.2, 0.25) is 0 Å². The Balaban J connectivity index is 1.84. The second-order valence-electron chi connectivity index (χ2n) is 11.7. The third-order valence-corrected chi connectivity index (χ3v) is 9.05. The molecule has 3 heterocycles. The molecule has 0 unspecified atom stereocenters. The van der Waals surface area contributed by atoms with E-state index in [9.17, 15) is 19.8 Å². The van der Waals surface area contributed by atoms with Crippen LogP contribution in [0.2, 0.25) is 0 Å². The molecule has 2 fully saturated rings. The van der Waals surface area contributed by atoms with E-state index in [0.717, 1.165) is 35.5 Å². The fourth-order valence-electron chi connectivity index (χ4n) is 5.24. The quantitative estimate of drug-likeness (QED) is 0.392. The summed E-state index contributed by atoms with van der Waals surface area (Å²) >= 11 is 1.57. The molecular weight excluding hydrogens is 492 g/mol. The number of esters is 1. The van der Waals surface area contributed by atoms with Crippen LogP contribution in [0.1, 0.15) is 84.3 Å². The first-order valence-electron chi connectivity index (χ1n) is 13.3. The van der Waals surface area contributed by atoms with Gasteiger partial charge in [0.25, 0.3) is 0 Å². The highest BCUT2D eigenvalue weighted by Gasteiger charge is 2.53. The molecule has 0 spiro atoms. The van der Waals surface area contributed by atoms with Crippen LogP contribution in [0, 0.1) is 17.3 Å². The van der Waals surface area contributed by atoms with Gasteiger partial charge >= 0.3 is 5.97 Å². The zero-order valence-corrected chi connectivity index (χ0v) is 24.1. The first-order valence-corrected chi connectivity index (χ1v) is 14.2. The maximum atomic E-state index is 13.3. The van der Waals surface area contributed by atoms with E-state index in [-0.39, 0.29) is 29.8 Å². The number of carbonyl (C=O) groups is 2. The molecule has 3 N–H and O–H groups in total. The molecule has 1 aromatic heterocycles. The molecule has 208 valence electrons. The van der Waals surface area contributed by atoms with Crippen LogP contribution in [-0.2, 0) is 25.6 Å². The summed E-state index contributed by atoms with van der Waals surface area (Å²) in [5.74, 6) is -1.57. The standard InChI is InChI=1S/C28H44N2O6S/c1-16-9-8-10-28(6)22(36-28)12-20(17(2)11-19-15-37-23(30-19)14-29-7)35-24(32)13-21(31)27(4,5)26(34)18(3)25(16)33/h11,15-16,18,20-22,25,29,31,33H,8-10,12-14H2,1-7H3/b17-11+/t16-,18+,20-,21-,22-,25-,28+/m0/s1. The van der Waals surface area contributed by atoms with Crippen molar-refractivity contribution in [2.24, 2.45) is 17.3 Å². The predicted molar refractivity (Wildman–Crippen MR) is 144 cm³/mol. The number of ketones is 1. The zero-order chi connectivity index (χ0) is 27.5. The number of cyclic esters (lactones) is 1. The molecule has 0 radical (unpaired) electrons. The van der Waals surface area contributed by atoms with Crippen LogP contribution in [0.15, 0.2) is 11.0 Å². The molecule has 1 aromatic rings. The molecule has 0 saturated carbocycles. The number of nitrogens with zero attached hydrogens (tertiary/aromatic N) is 1. The summed E-state index contributed by atoms with van der Waals surface area (Å²) in [4.78, 5) is 30.9. The lowest BCUT2D eigenvalue weighted by molar-refractivity contribution is -0.154. The van der Waals surface area contributed by atoms with Gasteiger partial charge in [-0.2, -0.15) is 0 Å². The topological polar surface area (TPSA) is 121 Å². The molecule has 0 aromatic carbocycles. The lowest BCUT2D eigenvalue weighted by Gasteiger charge is -2.34. The van der Waals surface area contributed by atoms with E-state index in [4.69, 9.17) is 9.47 Å². The van der Waals surface area contributed by atoms with Crippen LogP contribution < -0.4 is 5.32 Å². The van der Waals surface area contributed by atoms with Crippen molar-refractivity contribution in [1.29, 1.82) is 0 Å². The molecule has 9 heteroatoms. The van der Waals surface area contributed by atoms with Crippen molar-refractivity contribution in [3.8, 4) is 0 Å². The SMILES string of the molecule is CNCc1nc(/C=C(\C)[C@@H]2C[C@@H]3O[C@]3(C)CCC[C@H](C)[C@H](O)[C@@H](C)C(=O)C(C)(C)[C@@H](O)CC(=O)O2)cs1. The minimum Gasteiger partial charge on any atom is -0.458 e. The maximum Gasteiger partial charge on any atom is 0.309 e. The number of thiazole rings is 1. The third-order valence-electron chi connectivity index (χ3n) is 8.19. The van der Waals surface area contributed by atoms with Crippen LogP contribution >= 0.6 is 11.3 Å². The second kappa shape index (κ2) is 12.0. The molecular formula is C28H44N2O6S. The van der Waals surface area contributed by atoms with Gasteiger partial charge in [0.15, 0.2) is 0 Å². The van der Waals surface area contributed by atoms with Gasteiger partial charge < -0.3 is 25.0 Å². The summed E-state index contributed by atoms with van der Waals surface area (Å²) in [5, 5.41) is 27.8. The van der Waals surface area contributed by atoms with E-state index in [0.29, 0.717) is 13.0 Å². The number of carbonyl (C=O) groups excluding carboxylic acids is 2. The highest BCUT2D eigenvalue weighted by molar-refractivity contribution is 7.09. The van der Waals surface area contributed by atoms with Crippen LogP contribution in [-0.4, -0.2) is 64.0 Å². The maximum absolute atomic E-state index is 13.3. The summed E-state index contributed by atoms with van der Waals surface area (Å²) < 4.78 is 12.0. The number of aliphatic hydroxyl groups excluding tert-OH is 2. The number of epoxide rings is 1. The molecule has 0 amide bonds. The number of hydrogen-bond donors (Lipinski definition) is 3. The van der Waals surface area contributed by atoms with Crippen molar-refractivity contribution in [3.63, 3.8) is 0 Å². The Kier molecular flexibility index (Phi) is 9.72. The number of aromatic nitrogens is 1. The van der Waals surface area contributed by atoms with Gasteiger partial charge in [0, 0.05) is 24.3 Å². The van der Waals surface area contributed by atoms with E-state index >= 15 is 0 Å². The first kappa shape index (κ1) is 29.9. The Hall–Kier alpha value is -1.65. The highest BCUT2D eigenvalue weighted by Crippen LogP contribution is 2.45. The van der Waals surface area contributed by atoms with E-state index in [1.165, 1.54) is 0 Å². The van der Waals surface area contributed by atoms with Gasteiger partial charge in [0.05, 0.1) is 41.4 Å². The van der Waals surface area contributed by atoms with Crippen molar-refractivity contribution >= 4 is 29.2 Å². The number of nitrogens with one attached hydrogen (secondary N) is 1. The van der Waals surface area contributed by atoms with E-state index in [1.807, 2.05) is 32.4 Å². The summed E-state index contributed by atoms with van der Waals surface area (Å²) in [6.07, 6.45) is 1.92. The Morgan fingerprint density at radius 1 is 1.27 bits per heavy atom. The number of hydrogen-bond acceptors (Lipinski definition) is 9. The summed E-state index contributed by atoms with van der Waals surface area (Å²) in [5.41, 5.74) is 0.141. The molecule has 8 nitrogen and oxygen atoms in total. The Morgan fingerprint density at radius 3 is 2.65 bits per heavy atom. The highest BCUT2D eigenvalue weighted by atomic mass is 32.1. The van der Waals surface area contributed by atoms with Gasteiger partial charge in [-0.15, -0.1) is 11.3 Å². The normalized spacial score (nSPS) is 36.1. The average Bonchev–Trinajstić information content (AvgIpc) is 3.24. The zero-order valence-electron chi connectivity index (χ0n) is 23.2.